The predicted octanol–water partition coefficient (Wildman–Crippen LogP) is 2.81. The monoisotopic (exact) mass is 294 g/mol. The van der Waals surface area contributed by atoms with E-state index in [0.29, 0.717) is 28.1 Å². The van der Waals surface area contributed by atoms with Crippen LogP contribution in [0.25, 0.3) is 0 Å². The van der Waals surface area contributed by atoms with E-state index in [1.807, 2.05) is 6.07 Å². The summed E-state index contributed by atoms with van der Waals surface area (Å²) in [5.41, 5.74) is 2.20. The van der Waals surface area contributed by atoms with Gasteiger partial charge in [0.15, 0.2) is 6.10 Å². The molecule has 1 aromatic carbocycles. The van der Waals surface area contributed by atoms with Crippen LogP contribution in [-0.2, 0) is 4.79 Å². The highest BCUT2D eigenvalue weighted by Gasteiger charge is 2.32. The quantitative estimate of drug-likeness (QED) is 0.882. The fourth-order valence-electron chi connectivity index (χ4n) is 3.05. The first-order valence-electron chi connectivity index (χ1n) is 7.04. The molecule has 0 spiro atoms. The summed E-state index contributed by atoms with van der Waals surface area (Å²) in [6.07, 6.45) is 0.0682. The molecular formula is C15H19ClN2O2. The summed E-state index contributed by atoms with van der Waals surface area (Å²) in [4.78, 5) is 13.8. The van der Waals surface area contributed by atoms with Crippen molar-refractivity contribution in [3.05, 3.63) is 22.7 Å². The number of carbonyl (C=O) groups is 1. The number of nitrogens with zero attached hydrogens (tertiary/aromatic N) is 1. The van der Waals surface area contributed by atoms with Gasteiger partial charge in [0.25, 0.3) is 5.91 Å². The summed E-state index contributed by atoms with van der Waals surface area (Å²) in [6.45, 7) is 6.47. The van der Waals surface area contributed by atoms with Crippen molar-refractivity contribution in [2.45, 2.75) is 26.4 Å². The number of amides is 1. The summed E-state index contributed by atoms with van der Waals surface area (Å²) in [5, 5.41) is 13.1. The van der Waals surface area contributed by atoms with E-state index in [4.69, 9.17) is 11.6 Å². The SMILES string of the molecule is CC(C)C1CCN(c2cc3c(cc2Cl)C(O)C(=O)N3)C1. The summed E-state index contributed by atoms with van der Waals surface area (Å²) >= 11 is 6.34. The van der Waals surface area contributed by atoms with E-state index in [1.54, 1.807) is 6.07 Å². The highest BCUT2D eigenvalue weighted by atomic mass is 35.5. The number of aliphatic hydroxyl groups is 1. The fourth-order valence-corrected chi connectivity index (χ4v) is 3.34. The largest absolute Gasteiger partial charge is 0.378 e. The van der Waals surface area contributed by atoms with Crippen molar-refractivity contribution in [2.24, 2.45) is 11.8 Å². The maximum atomic E-state index is 11.5. The summed E-state index contributed by atoms with van der Waals surface area (Å²) in [7, 11) is 0. The van der Waals surface area contributed by atoms with Gasteiger partial charge in [0.05, 0.1) is 10.7 Å². The molecule has 1 saturated heterocycles. The number of hydrogen-bond acceptors (Lipinski definition) is 3. The van der Waals surface area contributed by atoms with Crippen molar-refractivity contribution in [3.63, 3.8) is 0 Å². The van der Waals surface area contributed by atoms with Crippen LogP contribution < -0.4 is 10.2 Å². The molecule has 0 bridgehead atoms. The zero-order valence-corrected chi connectivity index (χ0v) is 12.4. The normalized spacial score (nSPS) is 25.2. The first-order valence-corrected chi connectivity index (χ1v) is 7.42. The molecule has 0 aromatic heterocycles. The summed E-state index contributed by atoms with van der Waals surface area (Å²) in [6, 6.07) is 3.59. The molecule has 0 aliphatic carbocycles. The lowest BCUT2D eigenvalue weighted by Crippen LogP contribution is -2.21. The van der Waals surface area contributed by atoms with E-state index in [-0.39, 0.29) is 5.91 Å². The zero-order chi connectivity index (χ0) is 14.4. The molecule has 2 heterocycles. The standard InChI is InChI=1S/C15H19ClN2O2/c1-8(2)9-3-4-18(7-9)13-6-12-10(5-11(13)16)14(19)15(20)17-12/h5-6,8-9,14,19H,3-4,7H2,1-2H3,(H,17,20). The zero-order valence-electron chi connectivity index (χ0n) is 11.7. The van der Waals surface area contributed by atoms with Gasteiger partial charge in [0, 0.05) is 24.3 Å². The molecule has 20 heavy (non-hydrogen) atoms. The van der Waals surface area contributed by atoms with Gasteiger partial charge in [-0.2, -0.15) is 0 Å². The lowest BCUT2D eigenvalue weighted by molar-refractivity contribution is -0.123. The Labute approximate surface area is 123 Å². The van der Waals surface area contributed by atoms with E-state index >= 15 is 0 Å². The topological polar surface area (TPSA) is 52.6 Å². The molecule has 2 N–H and O–H groups in total. The minimum atomic E-state index is -1.10. The van der Waals surface area contributed by atoms with Crippen LogP contribution in [0.4, 0.5) is 11.4 Å². The van der Waals surface area contributed by atoms with Gasteiger partial charge in [-0.05, 0) is 30.4 Å². The number of rotatable bonds is 2. The lowest BCUT2D eigenvalue weighted by Gasteiger charge is -2.22. The smallest absolute Gasteiger partial charge is 0.257 e. The third-order valence-electron chi connectivity index (χ3n) is 4.43. The molecular weight excluding hydrogens is 276 g/mol. The van der Waals surface area contributed by atoms with Gasteiger partial charge in [-0.1, -0.05) is 25.4 Å². The summed E-state index contributed by atoms with van der Waals surface area (Å²) < 4.78 is 0. The Morgan fingerprint density at radius 2 is 2.20 bits per heavy atom. The van der Waals surface area contributed by atoms with Gasteiger partial charge < -0.3 is 15.3 Å². The molecule has 1 fully saturated rings. The van der Waals surface area contributed by atoms with Crippen LogP contribution in [-0.4, -0.2) is 24.1 Å². The number of fused-ring (bicyclic) bond motifs is 1. The van der Waals surface area contributed by atoms with Gasteiger partial charge in [0.1, 0.15) is 0 Å². The molecule has 0 radical (unpaired) electrons. The average Bonchev–Trinajstić information content (AvgIpc) is 2.97. The molecule has 0 saturated carbocycles. The summed E-state index contributed by atoms with van der Waals surface area (Å²) in [5.74, 6) is 0.962. The molecule has 5 heteroatoms. The number of carbonyl (C=O) groups excluding carboxylic acids is 1. The second kappa shape index (κ2) is 4.93. The predicted molar refractivity (Wildman–Crippen MR) is 80.2 cm³/mol. The Morgan fingerprint density at radius 1 is 1.45 bits per heavy atom. The third kappa shape index (κ3) is 2.17. The number of halogens is 1. The van der Waals surface area contributed by atoms with Crippen molar-refractivity contribution < 1.29 is 9.90 Å². The number of anilines is 2. The Hall–Kier alpha value is -1.26. The minimum absolute atomic E-state index is 0.380. The van der Waals surface area contributed by atoms with Crippen molar-refractivity contribution in [1.29, 1.82) is 0 Å². The van der Waals surface area contributed by atoms with Crippen LogP contribution in [0.15, 0.2) is 12.1 Å². The van der Waals surface area contributed by atoms with Gasteiger partial charge in [-0.15, -0.1) is 0 Å². The number of benzene rings is 1. The molecule has 2 unspecified atom stereocenters. The lowest BCUT2D eigenvalue weighted by atomic mass is 9.95. The highest BCUT2D eigenvalue weighted by Crippen LogP contribution is 2.40. The number of hydrogen-bond donors (Lipinski definition) is 2. The van der Waals surface area contributed by atoms with Gasteiger partial charge in [-0.25, -0.2) is 0 Å². The first kappa shape index (κ1) is 13.7. The highest BCUT2D eigenvalue weighted by molar-refractivity contribution is 6.33. The molecule has 108 valence electrons. The van der Waals surface area contributed by atoms with Crippen molar-refractivity contribution in [1.82, 2.24) is 0 Å². The van der Waals surface area contributed by atoms with Crippen LogP contribution in [0.2, 0.25) is 5.02 Å². The van der Waals surface area contributed by atoms with Crippen molar-refractivity contribution >= 4 is 28.9 Å². The van der Waals surface area contributed by atoms with Crippen LogP contribution in [0.3, 0.4) is 0 Å². The van der Waals surface area contributed by atoms with Crippen LogP contribution in [0.5, 0.6) is 0 Å². The molecule has 2 atom stereocenters. The molecule has 2 aliphatic heterocycles. The van der Waals surface area contributed by atoms with Gasteiger partial charge in [0.2, 0.25) is 0 Å². The van der Waals surface area contributed by atoms with E-state index in [9.17, 15) is 9.90 Å². The first-order chi connectivity index (χ1) is 9.47. The Balaban J connectivity index is 1.89. The van der Waals surface area contributed by atoms with Crippen LogP contribution >= 0.6 is 11.6 Å². The van der Waals surface area contributed by atoms with Crippen LogP contribution in [0, 0.1) is 11.8 Å². The maximum absolute atomic E-state index is 11.5. The van der Waals surface area contributed by atoms with Gasteiger partial charge in [-0.3, -0.25) is 4.79 Å². The molecule has 1 aromatic rings. The molecule has 2 aliphatic rings. The van der Waals surface area contributed by atoms with Crippen LogP contribution in [0.1, 0.15) is 31.9 Å². The molecule has 4 nitrogen and oxygen atoms in total. The Bertz CT molecular complexity index is 559. The van der Waals surface area contributed by atoms with Crippen molar-refractivity contribution in [3.8, 4) is 0 Å². The van der Waals surface area contributed by atoms with E-state index in [0.717, 1.165) is 18.8 Å². The van der Waals surface area contributed by atoms with Gasteiger partial charge >= 0.3 is 0 Å². The maximum Gasteiger partial charge on any atom is 0.257 e. The Kier molecular flexibility index (Phi) is 3.38. The molecule has 3 rings (SSSR count). The third-order valence-corrected chi connectivity index (χ3v) is 4.73. The second-order valence-electron chi connectivity index (χ2n) is 6.02. The minimum Gasteiger partial charge on any atom is -0.378 e. The molecule has 1 amide bonds. The van der Waals surface area contributed by atoms with E-state index in [2.05, 4.69) is 24.1 Å². The Morgan fingerprint density at radius 3 is 2.85 bits per heavy atom. The average molecular weight is 295 g/mol. The van der Waals surface area contributed by atoms with E-state index in [1.165, 1.54) is 6.42 Å². The number of nitrogens with one attached hydrogen (secondary N) is 1. The second-order valence-corrected chi connectivity index (χ2v) is 6.43. The van der Waals surface area contributed by atoms with Crippen molar-refractivity contribution in [2.75, 3.05) is 23.3 Å². The van der Waals surface area contributed by atoms with E-state index < -0.39 is 6.10 Å². The number of aliphatic hydroxyl groups excluding tert-OH is 1. The fraction of sp³-hybridized carbons (Fsp3) is 0.533.